The van der Waals surface area contributed by atoms with E-state index < -0.39 is 39.7 Å². The van der Waals surface area contributed by atoms with Crippen LogP contribution in [0.15, 0.2) is 18.2 Å². The van der Waals surface area contributed by atoms with Crippen molar-refractivity contribution in [2.75, 3.05) is 6.54 Å². The first-order chi connectivity index (χ1) is 9.03. The molecule has 0 saturated carbocycles. The fraction of sp³-hybridized carbons (Fsp3) is 0.417. The van der Waals surface area contributed by atoms with Gasteiger partial charge in [-0.15, -0.1) is 0 Å². The van der Waals surface area contributed by atoms with Crippen molar-refractivity contribution in [3.63, 3.8) is 0 Å². The van der Waals surface area contributed by atoms with Crippen molar-refractivity contribution >= 4 is 16.0 Å². The number of aryl methyl sites for hydroxylation is 1. The summed E-state index contributed by atoms with van der Waals surface area (Å²) in [4.78, 5) is 10.6. The summed E-state index contributed by atoms with van der Waals surface area (Å²) in [6.45, 7) is 1.86. The van der Waals surface area contributed by atoms with Gasteiger partial charge in [0.1, 0.15) is 5.82 Å². The number of carbonyl (C=O) groups is 1. The Morgan fingerprint density at radius 1 is 1.45 bits per heavy atom. The molecule has 0 aliphatic rings. The van der Waals surface area contributed by atoms with E-state index in [1.165, 1.54) is 12.1 Å². The molecule has 20 heavy (non-hydrogen) atoms. The largest absolute Gasteiger partial charge is 0.479 e. The third-order valence-electron chi connectivity index (χ3n) is 2.69. The Morgan fingerprint density at radius 2 is 2.05 bits per heavy atom. The number of nitrogens with one attached hydrogen (secondary N) is 1. The van der Waals surface area contributed by atoms with Gasteiger partial charge in [0.15, 0.2) is 5.60 Å². The van der Waals surface area contributed by atoms with Crippen LogP contribution in [0, 0.1) is 12.7 Å². The lowest BCUT2D eigenvalue weighted by atomic mass is 10.1. The summed E-state index contributed by atoms with van der Waals surface area (Å²) in [7, 11) is -3.87. The van der Waals surface area contributed by atoms with Crippen LogP contribution in [0.1, 0.15) is 18.1 Å². The van der Waals surface area contributed by atoms with Gasteiger partial charge >= 0.3 is 5.97 Å². The molecule has 1 atom stereocenters. The van der Waals surface area contributed by atoms with Crippen molar-refractivity contribution in [3.05, 3.63) is 35.1 Å². The van der Waals surface area contributed by atoms with Gasteiger partial charge in [-0.05, 0) is 31.0 Å². The third-order valence-corrected chi connectivity index (χ3v) is 3.99. The molecule has 1 aromatic rings. The van der Waals surface area contributed by atoms with E-state index in [1.807, 2.05) is 4.72 Å². The van der Waals surface area contributed by atoms with Crippen molar-refractivity contribution in [3.8, 4) is 0 Å². The zero-order valence-corrected chi connectivity index (χ0v) is 11.9. The fourth-order valence-corrected chi connectivity index (χ4v) is 2.54. The highest BCUT2D eigenvalue weighted by Gasteiger charge is 2.31. The number of sulfonamides is 1. The first-order valence-corrected chi connectivity index (χ1v) is 7.37. The molecular weight excluding hydrogens is 289 g/mol. The van der Waals surface area contributed by atoms with Gasteiger partial charge in [-0.1, -0.05) is 12.1 Å². The molecule has 0 aliphatic carbocycles. The number of hydrogen-bond donors (Lipinski definition) is 3. The number of hydrogen-bond acceptors (Lipinski definition) is 4. The second-order valence-corrected chi connectivity index (χ2v) is 6.55. The lowest BCUT2D eigenvalue weighted by Gasteiger charge is -2.18. The summed E-state index contributed by atoms with van der Waals surface area (Å²) in [5.74, 6) is -2.56. The highest BCUT2D eigenvalue weighted by molar-refractivity contribution is 7.88. The molecule has 0 aliphatic heterocycles. The number of aliphatic hydroxyl groups is 1. The van der Waals surface area contributed by atoms with Gasteiger partial charge in [0.25, 0.3) is 0 Å². The van der Waals surface area contributed by atoms with Crippen LogP contribution in [0.5, 0.6) is 0 Å². The summed E-state index contributed by atoms with van der Waals surface area (Å²) in [6.07, 6.45) is 0. The summed E-state index contributed by atoms with van der Waals surface area (Å²) < 4.78 is 38.7. The predicted molar refractivity (Wildman–Crippen MR) is 70.0 cm³/mol. The summed E-state index contributed by atoms with van der Waals surface area (Å²) in [5, 5.41) is 18.1. The van der Waals surface area contributed by atoms with E-state index in [1.54, 1.807) is 6.92 Å². The molecule has 0 fully saturated rings. The van der Waals surface area contributed by atoms with E-state index in [2.05, 4.69) is 0 Å². The van der Waals surface area contributed by atoms with E-state index in [0.717, 1.165) is 13.0 Å². The SMILES string of the molecule is Cc1ccc(CS(=O)(=O)NCC(C)(O)C(=O)O)cc1F. The molecule has 3 N–H and O–H groups in total. The molecule has 112 valence electrons. The molecule has 0 aromatic heterocycles. The molecule has 0 spiro atoms. The van der Waals surface area contributed by atoms with E-state index in [0.29, 0.717) is 5.56 Å². The molecule has 0 radical (unpaired) electrons. The Hall–Kier alpha value is -1.51. The standard InChI is InChI=1S/C12H16FNO5S/c1-8-3-4-9(5-10(8)13)6-20(18,19)14-7-12(2,17)11(15)16/h3-5,14,17H,6-7H2,1-2H3,(H,15,16). The number of aliphatic carboxylic acids is 1. The summed E-state index contributed by atoms with van der Waals surface area (Å²) in [6, 6.07) is 4.02. The Kier molecular flexibility index (Phi) is 4.85. The van der Waals surface area contributed by atoms with E-state index >= 15 is 0 Å². The highest BCUT2D eigenvalue weighted by atomic mass is 32.2. The van der Waals surface area contributed by atoms with Crippen molar-refractivity contribution < 1.29 is 27.8 Å². The van der Waals surface area contributed by atoms with Crippen molar-refractivity contribution in [2.45, 2.75) is 25.2 Å². The van der Waals surface area contributed by atoms with Crippen molar-refractivity contribution in [1.82, 2.24) is 4.72 Å². The second-order valence-electron chi connectivity index (χ2n) is 4.74. The third kappa shape index (κ3) is 4.55. The maximum Gasteiger partial charge on any atom is 0.336 e. The topological polar surface area (TPSA) is 104 Å². The minimum absolute atomic E-state index is 0.232. The smallest absolute Gasteiger partial charge is 0.336 e. The second kappa shape index (κ2) is 5.86. The number of rotatable bonds is 6. The Bertz CT molecular complexity index is 612. The summed E-state index contributed by atoms with van der Waals surface area (Å²) >= 11 is 0. The van der Waals surface area contributed by atoms with Crippen LogP contribution in [-0.4, -0.2) is 36.7 Å². The maximum absolute atomic E-state index is 13.3. The maximum atomic E-state index is 13.3. The van der Waals surface area contributed by atoms with Crippen molar-refractivity contribution in [2.24, 2.45) is 0 Å². The molecule has 0 amide bonds. The van der Waals surface area contributed by atoms with E-state index in [9.17, 15) is 22.7 Å². The van der Waals surface area contributed by atoms with Crippen LogP contribution in [0.25, 0.3) is 0 Å². The van der Waals surface area contributed by atoms with Gasteiger partial charge in [-0.25, -0.2) is 22.3 Å². The zero-order valence-electron chi connectivity index (χ0n) is 11.1. The molecule has 8 heteroatoms. The molecule has 1 unspecified atom stereocenters. The monoisotopic (exact) mass is 305 g/mol. The van der Waals surface area contributed by atoms with Gasteiger partial charge in [0.05, 0.1) is 5.75 Å². The van der Waals surface area contributed by atoms with Gasteiger partial charge in [-0.2, -0.15) is 0 Å². The quantitative estimate of drug-likeness (QED) is 0.705. The van der Waals surface area contributed by atoms with Gasteiger partial charge in [0, 0.05) is 6.54 Å². The predicted octanol–water partition coefficient (Wildman–Crippen LogP) is 0.389. The van der Waals surface area contributed by atoms with Gasteiger partial charge < -0.3 is 10.2 Å². The average molecular weight is 305 g/mol. The first-order valence-electron chi connectivity index (χ1n) is 5.72. The Labute approximate surface area is 116 Å². The number of benzene rings is 1. The lowest BCUT2D eigenvalue weighted by molar-refractivity contribution is -0.155. The van der Waals surface area contributed by atoms with E-state index in [-0.39, 0.29) is 5.56 Å². The molecule has 0 saturated heterocycles. The Balaban J connectivity index is 2.75. The normalized spacial score (nSPS) is 14.8. The molecule has 0 heterocycles. The Morgan fingerprint density at radius 3 is 2.55 bits per heavy atom. The van der Waals surface area contributed by atoms with Crippen LogP contribution in [0.4, 0.5) is 4.39 Å². The fourth-order valence-electron chi connectivity index (χ4n) is 1.32. The molecule has 6 nitrogen and oxygen atoms in total. The van der Waals surface area contributed by atoms with Crippen LogP contribution in [-0.2, 0) is 20.6 Å². The number of carboxylic acids is 1. The average Bonchev–Trinajstić information content (AvgIpc) is 2.31. The number of halogens is 1. The van der Waals surface area contributed by atoms with E-state index in [4.69, 9.17) is 5.11 Å². The van der Waals surface area contributed by atoms with Crippen molar-refractivity contribution in [1.29, 1.82) is 0 Å². The molecule has 0 bridgehead atoms. The van der Waals surface area contributed by atoms with Crippen LogP contribution < -0.4 is 4.72 Å². The van der Waals surface area contributed by atoms with Crippen LogP contribution in [0.3, 0.4) is 0 Å². The summed E-state index contributed by atoms with van der Waals surface area (Å²) in [5.41, 5.74) is -1.57. The first kappa shape index (κ1) is 16.5. The minimum Gasteiger partial charge on any atom is -0.479 e. The molecule has 1 rings (SSSR count). The molecule has 1 aromatic carbocycles. The van der Waals surface area contributed by atoms with Gasteiger partial charge in [-0.3, -0.25) is 0 Å². The molecular formula is C12H16FNO5S. The van der Waals surface area contributed by atoms with Crippen LogP contribution in [0.2, 0.25) is 0 Å². The highest BCUT2D eigenvalue weighted by Crippen LogP contribution is 2.12. The number of carboxylic acid groups (broad SMARTS) is 1. The minimum atomic E-state index is -3.87. The zero-order chi connectivity index (χ0) is 15.6. The lowest BCUT2D eigenvalue weighted by Crippen LogP contribution is -2.46. The van der Waals surface area contributed by atoms with Crippen LogP contribution >= 0.6 is 0 Å². The van der Waals surface area contributed by atoms with Gasteiger partial charge in [0.2, 0.25) is 10.0 Å².